The van der Waals surface area contributed by atoms with Gasteiger partial charge in [-0.05, 0) is 42.3 Å². The van der Waals surface area contributed by atoms with E-state index >= 15 is 0 Å². The Labute approximate surface area is 211 Å². The highest BCUT2D eigenvalue weighted by Gasteiger charge is 2.23. The van der Waals surface area contributed by atoms with E-state index in [1.54, 1.807) is 6.07 Å². The summed E-state index contributed by atoms with van der Waals surface area (Å²) in [4.78, 5) is 36.0. The van der Waals surface area contributed by atoms with Crippen molar-refractivity contribution in [2.24, 2.45) is 5.73 Å². The topological polar surface area (TPSA) is 111 Å². The van der Waals surface area contributed by atoms with Crippen LogP contribution in [0, 0.1) is 0 Å². The normalized spacial score (nSPS) is 12.4. The molecule has 5 aromatic rings. The predicted octanol–water partition coefficient (Wildman–Crippen LogP) is 3.74. The fourth-order valence-corrected chi connectivity index (χ4v) is 4.67. The predicted molar refractivity (Wildman–Crippen MR) is 139 cm³/mol. The zero-order valence-electron chi connectivity index (χ0n) is 20.1. The van der Waals surface area contributed by atoms with E-state index in [-0.39, 0.29) is 12.5 Å². The van der Waals surface area contributed by atoms with Gasteiger partial charge in [0.2, 0.25) is 6.79 Å². The number of carbonyl (C=O) groups excluding carboxylic acids is 1. The first-order valence-electron chi connectivity index (χ1n) is 12.0. The van der Waals surface area contributed by atoms with Crippen LogP contribution in [0.5, 0.6) is 11.5 Å². The molecule has 2 N–H and O–H groups in total. The lowest BCUT2D eigenvalue weighted by Gasteiger charge is -2.12. The van der Waals surface area contributed by atoms with Crippen LogP contribution in [0.15, 0.2) is 71.7 Å². The van der Waals surface area contributed by atoms with Crippen molar-refractivity contribution >= 4 is 27.9 Å². The SMILES string of the molecule is CC(=O)On1c(=O)c(-c2cn(CCCN)c3cc4c(cc23)OCO4)nc2ccc(-c3ccccc3)cc21. The molecule has 0 aliphatic carbocycles. The maximum atomic E-state index is 13.8. The van der Waals surface area contributed by atoms with Gasteiger partial charge in [0.1, 0.15) is 11.2 Å². The molecule has 0 fully saturated rings. The van der Waals surface area contributed by atoms with Gasteiger partial charge >= 0.3 is 11.5 Å². The summed E-state index contributed by atoms with van der Waals surface area (Å²) >= 11 is 0. The van der Waals surface area contributed by atoms with Crippen LogP contribution >= 0.6 is 0 Å². The zero-order chi connectivity index (χ0) is 25.5. The number of ether oxygens (including phenoxy) is 2. The van der Waals surface area contributed by atoms with E-state index in [1.165, 1.54) is 6.92 Å². The summed E-state index contributed by atoms with van der Waals surface area (Å²) in [6.07, 6.45) is 2.63. The first-order chi connectivity index (χ1) is 18.0. The van der Waals surface area contributed by atoms with Crippen molar-refractivity contribution in [3.8, 4) is 33.9 Å². The van der Waals surface area contributed by atoms with Crippen LogP contribution in [0.1, 0.15) is 13.3 Å². The molecule has 0 saturated carbocycles. The molecule has 186 valence electrons. The number of aryl methyl sites for hydroxylation is 1. The van der Waals surface area contributed by atoms with E-state index in [0.29, 0.717) is 41.2 Å². The van der Waals surface area contributed by atoms with Gasteiger partial charge in [-0.1, -0.05) is 36.4 Å². The Balaban J connectivity index is 1.60. The minimum Gasteiger partial charge on any atom is -0.454 e. The van der Waals surface area contributed by atoms with Crippen LogP contribution in [-0.2, 0) is 11.3 Å². The maximum absolute atomic E-state index is 13.8. The fraction of sp³-hybridized carbons (Fsp3) is 0.179. The van der Waals surface area contributed by atoms with E-state index in [1.807, 2.05) is 65.4 Å². The second-order valence-electron chi connectivity index (χ2n) is 8.81. The molecule has 0 radical (unpaired) electrons. The number of rotatable bonds is 6. The lowest BCUT2D eigenvalue weighted by Crippen LogP contribution is -2.31. The highest BCUT2D eigenvalue weighted by atomic mass is 16.7. The molecule has 2 aromatic heterocycles. The average Bonchev–Trinajstić information content (AvgIpc) is 3.51. The van der Waals surface area contributed by atoms with E-state index < -0.39 is 11.5 Å². The largest absolute Gasteiger partial charge is 0.454 e. The molecule has 6 rings (SSSR count). The molecule has 0 unspecified atom stereocenters. The van der Waals surface area contributed by atoms with Gasteiger partial charge in [-0.15, -0.1) is 4.73 Å². The van der Waals surface area contributed by atoms with Crippen molar-refractivity contribution in [3.63, 3.8) is 0 Å². The van der Waals surface area contributed by atoms with Gasteiger partial charge in [-0.2, -0.15) is 0 Å². The monoisotopic (exact) mass is 496 g/mol. The third-order valence-corrected chi connectivity index (χ3v) is 6.37. The summed E-state index contributed by atoms with van der Waals surface area (Å²) in [5.74, 6) is 0.627. The van der Waals surface area contributed by atoms with E-state index in [9.17, 15) is 9.59 Å². The summed E-state index contributed by atoms with van der Waals surface area (Å²) in [6.45, 7) is 2.58. The van der Waals surface area contributed by atoms with Crippen LogP contribution in [0.2, 0.25) is 0 Å². The van der Waals surface area contributed by atoms with Gasteiger partial charge in [-0.25, -0.2) is 9.78 Å². The van der Waals surface area contributed by atoms with Gasteiger partial charge < -0.3 is 24.6 Å². The highest BCUT2D eigenvalue weighted by molar-refractivity contribution is 5.98. The summed E-state index contributed by atoms with van der Waals surface area (Å²) < 4.78 is 14.2. The Morgan fingerprint density at radius 3 is 2.57 bits per heavy atom. The Hall–Kier alpha value is -4.63. The second-order valence-corrected chi connectivity index (χ2v) is 8.81. The van der Waals surface area contributed by atoms with Gasteiger partial charge in [0.05, 0.1) is 11.0 Å². The lowest BCUT2D eigenvalue weighted by atomic mass is 10.0. The highest BCUT2D eigenvalue weighted by Crippen LogP contribution is 2.40. The van der Waals surface area contributed by atoms with E-state index in [4.69, 9.17) is 25.0 Å². The molecule has 0 spiro atoms. The van der Waals surface area contributed by atoms with E-state index in [2.05, 4.69) is 0 Å². The first-order valence-corrected chi connectivity index (χ1v) is 12.0. The smallest absolute Gasteiger partial charge is 0.330 e. The summed E-state index contributed by atoms with van der Waals surface area (Å²) in [7, 11) is 0. The molecule has 0 atom stereocenters. The van der Waals surface area contributed by atoms with Gasteiger partial charge in [0.15, 0.2) is 11.5 Å². The van der Waals surface area contributed by atoms with Gasteiger partial charge in [-0.3, -0.25) is 4.79 Å². The molecule has 3 heterocycles. The molecule has 1 aliphatic heterocycles. The lowest BCUT2D eigenvalue weighted by molar-refractivity contribution is -0.141. The standard InChI is InChI=1S/C28H24N4O5/c1-17(33)37-32-24-12-19(18-6-3-2-4-7-18)8-9-22(24)30-27(28(32)34)21-15-31(11-5-10-29)23-14-26-25(13-20(21)23)35-16-36-26/h2-4,6-9,12-15H,5,10-11,16,29H2,1H3. The molecule has 0 amide bonds. The molecule has 0 bridgehead atoms. The molecular weight excluding hydrogens is 472 g/mol. The molecule has 3 aromatic carbocycles. The molecule has 0 saturated heterocycles. The Kier molecular flexibility index (Phi) is 5.61. The van der Waals surface area contributed by atoms with Crippen LogP contribution < -0.4 is 25.6 Å². The average molecular weight is 497 g/mol. The summed E-state index contributed by atoms with van der Waals surface area (Å²) in [5.41, 5.74) is 9.61. The number of benzene rings is 3. The number of fused-ring (bicyclic) bond motifs is 3. The number of carbonyl (C=O) groups is 1. The van der Waals surface area contributed by atoms with Gasteiger partial charge in [0.25, 0.3) is 0 Å². The van der Waals surface area contributed by atoms with Crippen LogP contribution in [0.25, 0.3) is 44.3 Å². The van der Waals surface area contributed by atoms with Gasteiger partial charge in [0, 0.05) is 36.7 Å². The summed E-state index contributed by atoms with van der Waals surface area (Å²) in [5, 5.41) is 0.778. The van der Waals surface area contributed by atoms with Crippen LogP contribution in [0.4, 0.5) is 0 Å². The molecule has 9 nitrogen and oxygen atoms in total. The number of hydrogen-bond donors (Lipinski definition) is 1. The second kappa shape index (κ2) is 9.11. The van der Waals surface area contributed by atoms with Crippen molar-refractivity contribution in [2.75, 3.05) is 13.3 Å². The number of nitrogens with zero attached hydrogens (tertiary/aromatic N) is 3. The maximum Gasteiger partial charge on any atom is 0.330 e. The summed E-state index contributed by atoms with van der Waals surface area (Å²) in [6, 6.07) is 19.1. The zero-order valence-corrected chi connectivity index (χ0v) is 20.1. The quantitative estimate of drug-likeness (QED) is 0.381. The number of aromatic nitrogens is 3. The van der Waals surface area contributed by atoms with Crippen molar-refractivity contribution in [1.29, 1.82) is 0 Å². The minimum absolute atomic E-state index is 0.136. The number of nitrogens with two attached hydrogens (primary N) is 1. The van der Waals surface area contributed by atoms with Crippen molar-refractivity contribution in [3.05, 3.63) is 77.2 Å². The van der Waals surface area contributed by atoms with Crippen molar-refractivity contribution < 1.29 is 19.1 Å². The third-order valence-electron chi connectivity index (χ3n) is 6.37. The minimum atomic E-state index is -0.612. The molecular formula is C28H24N4O5. The van der Waals surface area contributed by atoms with Crippen LogP contribution in [-0.4, -0.2) is 33.6 Å². The van der Waals surface area contributed by atoms with E-state index in [0.717, 1.165) is 33.2 Å². The van der Waals surface area contributed by atoms with Crippen molar-refractivity contribution in [2.45, 2.75) is 19.9 Å². The number of hydrogen-bond acceptors (Lipinski definition) is 7. The Bertz CT molecular complexity index is 1720. The molecule has 1 aliphatic rings. The Morgan fingerprint density at radius 2 is 1.81 bits per heavy atom. The van der Waals surface area contributed by atoms with Crippen LogP contribution in [0.3, 0.4) is 0 Å². The third kappa shape index (κ3) is 3.99. The molecule has 9 heteroatoms. The van der Waals surface area contributed by atoms with Crippen molar-refractivity contribution in [1.82, 2.24) is 14.3 Å². The first kappa shape index (κ1) is 22.8. The Morgan fingerprint density at radius 1 is 1.03 bits per heavy atom. The molecule has 37 heavy (non-hydrogen) atoms. The fourth-order valence-electron chi connectivity index (χ4n) is 4.67.